The number of fused-ring (bicyclic) bond motifs is 1. The number of carbonyl (C=O) groups excluding carboxylic acids is 1. The minimum Gasteiger partial charge on any atom is -0.324 e. The van der Waals surface area contributed by atoms with Crippen molar-refractivity contribution in [2.45, 2.75) is 23.0 Å². The Balaban J connectivity index is 1.91. The SMILES string of the molecule is CC1(Cc2ccccc2)Sc2ccccc2NC1=O. The van der Waals surface area contributed by atoms with Crippen molar-refractivity contribution in [2.24, 2.45) is 0 Å². The molecule has 2 aromatic carbocycles. The second kappa shape index (κ2) is 4.74. The number of benzene rings is 2. The molecule has 0 radical (unpaired) electrons. The quantitative estimate of drug-likeness (QED) is 0.900. The lowest BCUT2D eigenvalue weighted by molar-refractivity contribution is -0.118. The van der Waals surface area contributed by atoms with E-state index in [2.05, 4.69) is 23.5 Å². The lowest BCUT2D eigenvalue weighted by Gasteiger charge is -2.33. The molecule has 1 atom stereocenters. The Kier molecular flexibility index (Phi) is 3.07. The highest BCUT2D eigenvalue weighted by Crippen LogP contribution is 2.43. The van der Waals surface area contributed by atoms with Crippen molar-refractivity contribution in [3.63, 3.8) is 0 Å². The van der Waals surface area contributed by atoms with Crippen molar-refractivity contribution in [3.8, 4) is 0 Å². The molecule has 1 unspecified atom stereocenters. The lowest BCUT2D eigenvalue weighted by Crippen LogP contribution is -2.41. The third-order valence-electron chi connectivity index (χ3n) is 3.34. The van der Waals surface area contributed by atoms with Crippen LogP contribution in [-0.2, 0) is 11.2 Å². The van der Waals surface area contributed by atoms with Crippen LogP contribution in [-0.4, -0.2) is 10.7 Å². The second-order valence-corrected chi connectivity index (χ2v) is 6.49. The number of hydrogen-bond donors (Lipinski definition) is 1. The van der Waals surface area contributed by atoms with Gasteiger partial charge in [0, 0.05) is 4.90 Å². The summed E-state index contributed by atoms with van der Waals surface area (Å²) >= 11 is 1.65. The third-order valence-corrected chi connectivity index (χ3v) is 4.69. The Bertz CT molecular complexity index is 611. The summed E-state index contributed by atoms with van der Waals surface area (Å²) in [5.41, 5.74) is 2.11. The van der Waals surface area contributed by atoms with E-state index in [1.165, 1.54) is 5.56 Å². The predicted molar refractivity (Wildman–Crippen MR) is 79.5 cm³/mol. The van der Waals surface area contributed by atoms with Crippen LogP contribution in [0.1, 0.15) is 12.5 Å². The normalized spacial score (nSPS) is 21.6. The Hall–Kier alpha value is -1.74. The summed E-state index contributed by atoms with van der Waals surface area (Å²) < 4.78 is -0.449. The highest BCUT2D eigenvalue weighted by atomic mass is 32.2. The molecule has 0 aromatic heterocycles. The van der Waals surface area contributed by atoms with E-state index in [1.807, 2.05) is 43.3 Å². The minimum atomic E-state index is -0.449. The monoisotopic (exact) mass is 269 g/mol. The van der Waals surface area contributed by atoms with Crippen LogP contribution < -0.4 is 5.32 Å². The number of para-hydroxylation sites is 1. The maximum atomic E-state index is 12.4. The van der Waals surface area contributed by atoms with Gasteiger partial charge < -0.3 is 5.32 Å². The number of anilines is 1. The summed E-state index contributed by atoms with van der Waals surface area (Å²) in [5, 5.41) is 3.01. The van der Waals surface area contributed by atoms with Gasteiger partial charge in [-0.2, -0.15) is 0 Å². The van der Waals surface area contributed by atoms with Gasteiger partial charge in [0.25, 0.3) is 0 Å². The van der Waals surface area contributed by atoms with E-state index in [-0.39, 0.29) is 5.91 Å². The van der Waals surface area contributed by atoms with E-state index in [4.69, 9.17) is 0 Å². The largest absolute Gasteiger partial charge is 0.324 e. The maximum Gasteiger partial charge on any atom is 0.241 e. The van der Waals surface area contributed by atoms with Gasteiger partial charge in [-0.1, -0.05) is 42.5 Å². The summed E-state index contributed by atoms with van der Waals surface area (Å²) in [6, 6.07) is 18.1. The molecule has 3 rings (SSSR count). The van der Waals surface area contributed by atoms with Crippen LogP contribution >= 0.6 is 11.8 Å². The Morgan fingerprint density at radius 3 is 2.53 bits per heavy atom. The molecule has 96 valence electrons. The molecule has 1 aliphatic heterocycles. The van der Waals surface area contributed by atoms with E-state index in [0.717, 1.165) is 17.0 Å². The molecule has 1 N–H and O–H groups in total. The molecule has 0 saturated carbocycles. The van der Waals surface area contributed by atoms with Crippen LogP contribution in [0.3, 0.4) is 0 Å². The standard InChI is InChI=1S/C16H15NOS/c1-16(11-12-7-3-2-4-8-12)15(18)17-13-9-5-6-10-14(13)19-16/h2-10H,11H2,1H3,(H,17,18). The topological polar surface area (TPSA) is 29.1 Å². The molecular formula is C16H15NOS. The van der Waals surface area contributed by atoms with Gasteiger partial charge in [-0.05, 0) is 31.0 Å². The smallest absolute Gasteiger partial charge is 0.241 e. The van der Waals surface area contributed by atoms with E-state index >= 15 is 0 Å². The zero-order chi connectivity index (χ0) is 13.3. The fourth-order valence-corrected chi connectivity index (χ4v) is 3.55. The number of thioether (sulfide) groups is 1. The van der Waals surface area contributed by atoms with Gasteiger partial charge in [0.2, 0.25) is 5.91 Å². The van der Waals surface area contributed by atoms with Gasteiger partial charge in [0.05, 0.1) is 5.69 Å². The minimum absolute atomic E-state index is 0.0834. The highest BCUT2D eigenvalue weighted by molar-refractivity contribution is 8.01. The average molecular weight is 269 g/mol. The first-order valence-electron chi connectivity index (χ1n) is 6.31. The Morgan fingerprint density at radius 1 is 1.05 bits per heavy atom. The van der Waals surface area contributed by atoms with Crippen molar-refractivity contribution in [1.82, 2.24) is 0 Å². The summed E-state index contributed by atoms with van der Waals surface area (Å²) in [6.07, 6.45) is 0.735. The zero-order valence-electron chi connectivity index (χ0n) is 10.7. The van der Waals surface area contributed by atoms with Crippen LogP contribution in [0.15, 0.2) is 59.5 Å². The van der Waals surface area contributed by atoms with Crippen LogP contribution in [0.5, 0.6) is 0 Å². The second-order valence-electron chi connectivity index (χ2n) is 4.95. The molecule has 0 saturated heterocycles. The summed E-state index contributed by atoms with van der Waals surface area (Å²) in [4.78, 5) is 13.5. The molecule has 0 bridgehead atoms. The lowest BCUT2D eigenvalue weighted by atomic mass is 9.99. The molecule has 0 spiro atoms. The van der Waals surface area contributed by atoms with Crippen LogP contribution in [0.2, 0.25) is 0 Å². The van der Waals surface area contributed by atoms with Crippen molar-refractivity contribution >= 4 is 23.4 Å². The van der Waals surface area contributed by atoms with Crippen molar-refractivity contribution < 1.29 is 4.79 Å². The molecule has 0 aliphatic carbocycles. The fraction of sp³-hybridized carbons (Fsp3) is 0.188. The summed E-state index contributed by atoms with van der Waals surface area (Å²) in [6.45, 7) is 2.01. The highest BCUT2D eigenvalue weighted by Gasteiger charge is 2.38. The number of nitrogens with one attached hydrogen (secondary N) is 1. The van der Waals surface area contributed by atoms with Crippen molar-refractivity contribution in [2.75, 3.05) is 5.32 Å². The average Bonchev–Trinajstić information content (AvgIpc) is 2.41. The molecular weight excluding hydrogens is 254 g/mol. The van der Waals surface area contributed by atoms with Gasteiger partial charge in [0.15, 0.2) is 0 Å². The van der Waals surface area contributed by atoms with E-state index in [0.29, 0.717) is 0 Å². The Morgan fingerprint density at radius 2 is 1.74 bits per heavy atom. The molecule has 2 nitrogen and oxygen atoms in total. The van der Waals surface area contributed by atoms with Crippen molar-refractivity contribution in [1.29, 1.82) is 0 Å². The van der Waals surface area contributed by atoms with Gasteiger partial charge in [-0.3, -0.25) is 4.79 Å². The molecule has 2 aromatic rings. The van der Waals surface area contributed by atoms with Crippen LogP contribution in [0.4, 0.5) is 5.69 Å². The van der Waals surface area contributed by atoms with Crippen LogP contribution in [0.25, 0.3) is 0 Å². The van der Waals surface area contributed by atoms with Gasteiger partial charge >= 0.3 is 0 Å². The van der Waals surface area contributed by atoms with Gasteiger partial charge in [-0.15, -0.1) is 11.8 Å². The van der Waals surface area contributed by atoms with Gasteiger partial charge in [-0.25, -0.2) is 0 Å². The zero-order valence-corrected chi connectivity index (χ0v) is 11.5. The van der Waals surface area contributed by atoms with E-state index < -0.39 is 4.75 Å². The first-order chi connectivity index (χ1) is 9.17. The van der Waals surface area contributed by atoms with E-state index in [1.54, 1.807) is 11.8 Å². The van der Waals surface area contributed by atoms with Crippen molar-refractivity contribution in [3.05, 3.63) is 60.2 Å². The number of amides is 1. The Labute approximate surface area is 117 Å². The predicted octanol–water partition coefficient (Wildman–Crippen LogP) is 3.73. The molecule has 0 fully saturated rings. The molecule has 1 heterocycles. The van der Waals surface area contributed by atoms with Gasteiger partial charge in [0.1, 0.15) is 4.75 Å². The molecule has 19 heavy (non-hydrogen) atoms. The first-order valence-corrected chi connectivity index (χ1v) is 7.12. The molecule has 1 amide bonds. The fourth-order valence-electron chi connectivity index (χ4n) is 2.30. The third kappa shape index (κ3) is 2.38. The number of rotatable bonds is 2. The summed E-state index contributed by atoms with van der Waals surface area (Å²) in [5.74, 6) is 0.0834. The number of hydrogen-bond acceptors (Lipinski definition) is 2. The summed E-state index contributed by atoms with van der Waals surface area (Å²) in [7, 11) is 0. The van der Waals surface area contributed by atoms with E-state index in [9.17, 15) is 4.79 Å². The molecule has 1 aliphatic rings. The van der Waals surface area contributed by atoms with Crippen LogP contribution in [0, 0.1) is 0 Å². The first kappa shape index (κ1) is 12.3. The molecule has 3 heteroatoms. The number of carbonyl (C=O) groups is 1. The maximum absolute atomic E-state index is 12.4.